The van der Waals surface area contributed by atoms with Gasteiger partial charge < -0.3 is 5.32 Å². The molecule has 3 rings (SSSR count). The van der Waals surface area contributed by atoms with Crippen molar-refractivity contribution in [3.63, 3.8) is 0 Å². The van der Waals surface area contributed by atoms with Crippen molar-refractivity contribution < 1.29 is 4.79 Å². The lowest BCUT2D eigenvalue weighted by Gasteiger charge is -2.23. The topological polar surface area (TPSA) is 89.2 Å². The van der Waals surface area contributed by atoms with Crippen LogP contribution >= 0.6 is 0 Å². The Balaban J connectivity index is 1.82. The maximum atomic E-state index is 12.5. The first-order valence-electron chi connectivity index (χ1n) is 9.15. The zero-order valence-electron chi connectivity index (χ0n) is 15.3. The molecule has 2 aromatic heterocycles. The van der Waals surface area contributed by atoms with Crippen LogP contribution in [0.25, 0.3) is 11.2 Å². The predicted molar refractivity (Wildman–Crippen MR) is 99.2 cm³/mol. The molecule has 1 saturated heterocycles. The van der Waals surface area contributed by atoms with Crippen molar-refractivity contribution in [2.75, 3.05) is 19.6 Å². The Morgan fingerprint density at radius 1 is 1.23 bits per heavy atom. The fourth-order valence-electron chi connectivity index (χ4n) is 3.67. The van der Waals surface area contributed by atoms with E-state index in [1.54, 1.807) is 25.3 Å². The van der Waals surface area contributed by atoms with Crippen LogP contribution in [-0.4, -0.2) is 50.6 Å². The Bertz CT molecular complexity index is 917. The van der Waals surface area contributed by atoms with Gasteiger partial charge in [-0.2, -0.15) is 0 Å². The number of rotatable bonds is 6. The maximum absolute atomic E-state index is 12.5. The molecular formula is C18H25N5O3. The fourth-order valence-corrected chi connectivity index (χ4v) is 3.67. The molecule has 1 aliphatic rings. The number of likely N-dealkylation sites (N-methyl/N-ethyl adjacent to an activating group) is 1. The number of amides is 1. The molecule has 1 N–H and O–H groups in total. The third-order valence-electron chi connectivity index (χ3n) is 5.04. The number of likely N-dealkylation sites (tertiary alicyclic amines) is 1. The second-order valence-corrected chi connectivity index (χ2v) is 6.52. The molecular weight excluding hydrogens is 334 g/mol. The first kappa shape index (κ1) is 18.3. The first-order chi connectivity index (χ1) is 12.6. The summed E-state index contributed by atoms with van der Waals surface area (Å²) in [5.41, 5.74) is -0.441. The van der Waals surface area contributed by atoms with E-state index in [0.717, 1.165) is 25.9 Å². The zero-order chi connectivity index (χ0) is 18.7. The Morgan fingerprint density at radius 2 is 2.00 bits per heavy atom. The summed E-state index contributed by atoms with van der Waals surface area (Å²) in [5.74, 6) is -0.270. The average molecular weight is 359 g/mol. The minimum Gasteiger partial charge on any atom is -0.353 e. The Hall–Kier alpha value is -2.48. The lowest BCUT2D eigenvalue weighted by atomic mass is 10.2. The minimum atomic E-state index is -0.696. The molecule has 1 fully saturated rings. The number of carbonyl (C=O) groups is 1. The van der Waals surface area contributed by atoms with Crippen molar-refractivity contribution in [2.24, 2.45) is 0 Å². The van der Waals surface area contributed by atoms with E-state index < -0.39 is 11.1 Å². The van der Waals surface area contributed by atoms with Crippen LogP contribution in [0.15, 0.2) is 27.9 Å². The minimum absolute atomic E-state index is 0.181. The zero-order valence-corrected chi connectivity index (χ0v) is 15.3. The smallest absolute Gasteiger partial charge is 0.318 e. The molecule has 8 heteroatoms. The third kappa shape index (κ3) is 3.41. The van der Waals surface area contributed by atoms with Crippen LogP contribution in [0.1, 0.15) is 26.7 Å². The largest absolute Gasteiger partial charge is 0.353 e. The molecule has 140 valence electrons. The molecule has 8 nitrogen and oxygen atoms in total. The summed E-state index contributed by atoms with van der Waals surface area (Å²) in [6.07, 6.45) is 3.77. The van der Waals surface area contributed by atoms with E-state index in [4.69, 9.17) is 0 Å². The van der Waals surface area contributed by atoms with Crippen molar-refractivity contribution in [1.82, 2.24) is 24.3 Å². The van der Waals surface area contributed by atoms with Gasteiger partial charge in [0.05, 0.1) is 5.52 Å². The predicted octanol–water partition coefficient (Wildman–Crippen LogP) is 0.179. The number of hydrogen-bond acceptors (Lipinski definition) is 5. The van der Waals surface area contributed by atoms with Crippen LogP contribution in [-0.2, 0) is 17.9 Å². The number of hydrogen-bond donors (Lipinski definition) is 1. The van der Waals surface area contributed by atoms with Gasteiger partial charge in [-0.25, -0.2) is 4.98 Å². The molecule has 0 aromatic carbocycles. The summed E-state index contributed by atoms with van der Waals surface area (Å²) in [5, 5.41) is 2.91. The van der Waals surface area contributed by atoms with E-state index in [-0.39, 0.29) is 12.5 Å². The van der Waals surface area contributed by atoms with E-state index in [9.17, 15) is 14.4 Å². The molecule has 0 bridgehead atoms. The number of pyridine rings is 1. The van der Waals surface area contributed by atoms with Gasteiger partial charge in [-0.1, -0.05) is 6.92 Å². The highest BCUT2D eigenvalue weighted by atomic mass is 16.2. The summed E-state index contributed by atoms with van der Waals surface area (Å²) in [7, 11) is 0. The van der Waals surface area contributed by atoms with Gasteiger partial charge in [-0.15, -0.1) is 0 Å². The van der Waals surface area contributed by atoms with Crippen LogP contribution < -0.4 is 16.4 Å². The highest BCUT2D eigenvalue weighted by Gasteiger charge is 2.23. The molecule has 1 unspecified atom stereocenters. The molecule has 3 heterocycles. The van der Waals surface area contributed by atoms with Crippen LogP contribution in [0.2, 0.25) is 0 Å². The highest BCUT2D eigenvalue weighted by molar-refractivity contribution is 5.78. The molecule has 1 atom stereocenters. The highest BCUT2D eigenvalue weighted by Crippen LogP contribution is 2.15. The number of nitrogens with one attached hydrogen (secondary N) is 1. The van der Waals surface area contributed by atoms with Gasteiger partial charge in [0.1, 0.15) is 6.54 Å². The number of fused-ring (bicyclic) bond motifs is 1. The molecule has 1 amide bonds. The van der Waals surface area contributed by atoms with E-state index in [1.165, 1.54) is 9.13 Å². The van der Waals surface area contributed by atoms with Crippen molar-refractivity contribution in [2.45, 2.75) is 45.8 Å². The molecule has 0 saturated carbocycles. The normalized spacial score (nSPS) is 17.7. The number of nitrogens with zero attached hydrogens (tertiary/aromatic N) is 4. The second kappa shape index (κ2) is 7.82. The van der Waals surface area contributed by atoms with Gasteiger partial charge in [0.25, 0.3) is 0 Å². The van der Waals surface area contributed by atoms with Gasteiger partial charge in [0, 0.05) is 25.3 Å². The molecule has 0 radical (unpaired) electrons. The molecule has 26 heavy (non-hydrogen) atoms. The Labute approximate surface area is 151 Å². The Kier molecular flexibility index (Phi) is 5.51. The maximum Gasteiger partial charge on any atom is 0.318 e. The summed E-state index contributed by atoms with van der Waals surface area (Å²) in [6, 6.07) is 3.74. The molecule has 1 aliphatic heterocycles. The van der Waals surface area contributed by atoms with Crippen LogP contribution in [0, 0.1) is 0 Å². The van der Waals surface area contributed by atoms with Gasteiger partial charge >= 0.3 is 11.1 Å². The van der Waals surface area contributed by atoms with E-state index in [2.05, 4.69) is 22.1 Å². The van der Waals surface area contributed by atoms with Crippen molar-refractivity contribution in [1.29, 1.82) is 0 Å². The number of aryl methyl sites for hydroxylation is 1. The fraction of sp³-hybridized carbons (Fsp3) is 0.556. The van der Waals surface area contributed by atoms with E-state index in [0.29, 0.717) is 30.3 Å². The van der Waals surface area contributed by atoms with Gasteiger partial charge in [0.15, 0.2) is 5.65 Å². The molecule has 0 spiro atoms. The number of carbonyl (C=O) groups excluding carboxylic acids is 1. The average Bonchev–Trinajstić information content (AvgIpc) is 3.12. The molecule has 0 aliphatic carbocycles. The summed E-state index contributed by atoms with van der Waals surface area (Å²) in [4.78, 5) is 43.8. The van der Waals surface area contributed by atoms with Gasteiger partial charge in [0.2, 0.25) is 5.91 Å². The van der Waals surface area contributed by atoms with Crippen LogP contribution in [0.3, 0.4) is 0 Å². The monoisotopic (exact) mass is 359 g/mol. The van der Waals surface area contributed by atoms with Crippen LogP contribution in [0.5, 0.6) is 0 Å². The van der Waals surface area contributed by atoms with Crippen LogP contribution in [0.4, 0.5) is 0 Å². The molecule has 2 aromatic rings. The summed E-state index contributed by atoms with van der Waals surface area (Å²) < 4.78 is 2.56. The second-order valence-electron chi connectivity index (χ2n) is 6.52. The quantitative estimate of drug-likeness (QED) is 0.743. The summed E-state index contributed by atoms with van der Waals surface area (Å²) >= 11 is 0. The van der Waals surface area contributed by atoms with Crippen molar-refractivity contribution >= 4 is 17.1 Å². The van der Waals surface area contributed by atoms with E-state index in [1.807, 2.05) is 0 Å². The lowest BCUT2D eigenvalue weighted by molar-refractivity contribution is -0.121. The first-order valence-corrected chi connectivity index (χ1v) is 9.15. The van der Waals surface area contributed by atoms with E-state index >= 15 is 0 Å². The number of aromatic nitrogens is 3. The van der Waals surface area contributed by atoms with Gasteiger partial charge in [-0.3, -0.25) is 28.4 Å². The third-order valence-corrected chi connectivity index (χ3v) is 5.04. The Morgan fingerprint density at radius 3 is 2.73 bits per heavy atom. The standard InChI is InChI=1S/C18H25N5O3/c1-3-21-10-6-7-13(21)11-20-15(24)12-23-14-8-5-9-19-16(14)22(4-2)17(25)18(23)26/h5,8-9,13H,3-4,6-7,10-12H2,1-2H3,(H,20,24). The summed E-state index contributed by atoms with van der Waals surface area (Å²) in [6.45, 7) is 6.65. The van der Waals surface area contributed by atoms with Gasteiger partial charge in [-0.05, 0) is 45.0 Å². The van der Waals surface area contributed by atoms with Crippen molar-refractivity contribution in [3.05, 3.63) is 39.0 Å². The SMILES string of the molecule is CCN1CCCC1CNC(=O)Cn1c(=O)c(=O)n(CC)c2ncccc21. The lowest BCUT2D eigenvalue weighted by Crippen LogP contribution is -2.45. The van der Waals surface area contributed by atoms with Crippen molar-refractivity contribution in [3.8, 4) is 0 Å².